The van der Waals surface area contributed by atoms with Crippen LogP contribution in [0.15, 0.2) is 12.5 Å². The zero-order valence-electron chi connectivity index (χ0n) is 12.4. The molecule has 1 aromatic heterocycles. The molecule has 19 heavy (non-hydrogen) atoms. The van der Waals surface area contributed by atoms with E-state index in [4.69, 9.17) is 5.26 Å². The van der Waals surface area contributed by atoms with Crippen molar-refractivity contribution in [2.24, 2.45) is 5.41 Å². The Balaban J connectivity index is 2.25. The van der Waals surface area contributed by atoms with Gasteiger partial charge in [0.2, 0.25) is 0 Å². The number of nitriles is 1. The van der Waals surface area contributed by atoms with Gasteiger partial charge in [-0.1, -0.05) is 6.92 Å². The maximum absolute atomic E-state index is 8.96. The summed E-state index contributed by atoms with van der Waals surface area (Å²) in [5.41, 5.74) is 0.927. The highest BCUT2D eigenvalue weighted by atomic mass is 15.0. The lowest BCUT2D eigenvalue weighted by molar-refractivity contribution is 0.415. The zero-order chi connectivity index (χ0) is 14.1. The second kappa shape index (κ2) is 7.96. The predicted octanol–water partition coefficient (Wildman–Crippen LogP) is 2.76. The van der Waals surface area contributed by atoms with E-state index in [-0.39, 0.29) is 5.41 Å². The van der Waals surface area contributed by atoms with Gasteiger partial charge in [0.25, 0.3) is 0 Å². The molecular weight excluding hydrogens is 236 g/mol. The lowest BCUT2D eigenvalue weighted by Gasteiger charge is -2.14. The Hall–Kier alpha value is -1.34. The number of nitrogens with one attached hydrogen (secondary N) is 1. The quantitative estimate of drug-likeness (QED) is 0.696. The summed E-state index contributed by atoms with van der Waals surface area (Å²) in [7, 11) is 0. The van der Waals surface area contributed by atoms with Gasteiger partial charge in [0.1, 0.15) is 0 Å². The van der Waals surface area contributed by atoms with Gasteiger partial charge in [0.05, 0.1) is 23.5 Å². The van der Waals surface area contributed by atoms with Crippen molar-refractivity contribution in [3.63, 3.8) is 0 Å². The minimum absolute atomic E-state index is 0.215. The van der Waals surface area contributed by atoms with E-state index in [1.165, 1.54) is 6.42 Å². The zero-order valence-corrected chi connectivity index (χ0v) is 12.4. The average molecular weight is 262 g/mol. The van der Waals surface area contributed by atoms with Gasteiger partial charge in [-0.2, -0.15) is 5.26 Å². The first-order valence-electron chi connectivity index (χ1n) is 7.20. The Morgan fingerprint density at radius 2 is 2.21 bits per heavy atom. The van der Waals surface area contributed by atoms with Crippen LogP contribution in [0.2, 0.25) is 0 Å². The molecule has 0 aromatic carbocycles. The summed E-state index contributed by atoms with van der Waals surface area (Å²) in [6.07, 6.45) is 8.11. The summed E-state index contributed by atoms with van der Waals surface area (Å²) in [5.74, 6) is 0. The Labute approximate surface area is 116 Å². The monoisotopic (exact) mass is 262 g/mol. The van der Waals surface area contributed by atoms with Crippen LogP contribution in [-0.2, 0) is 13.0 Å². The van der Waals surface area contributed by atoms with E-state index in [1.54, 1.807) is 0 Å². The van der Waals surface area contributed by atoms with E-state index in [0.717, 1.165) is 44.6 Å². The third-order valence-electron chi connectivity index (χ3n) is 3.19. The molecule has 4 nitrogen and oxygen atoms in total. The maximum atomic E-state index is 8.96. The van der Waals surface area contributed by atoms with Crippen molar-refractivity contribution < 1.29 is 0 Å². The Bertz CT molecular complexity index is 401. The summed E-state index contributed by atoms with van der Waals surface area (Å²) < 4.78 is 2.13. The summed E-state index contributed by atoms with van der Waals surface area (Å²) in [6, 6.07) is 2.34. The SMILES string of the molecule is CCCNCCc1cn(CCCC(C)(C)C#N)cn1. The van der Waals surface area contributed by atoms with E-state index in [1.807, 2.05) is 20.2 Å². The first-order chi connectivity index (χ1) is 9.07. The normalized spacial score (nSPS) is 11.5. The molecule has 0 saturated heterocycles. The van der Waals surface area contributed by atoms with Crippen molar-refractivity contribution in [1.29, 1.82) is 5.26 Å². The molecule has 0 unspecified atom stereocenters. The second-order valence-electron chi connectivity index (χ2n) is 5.70. The van der Waals surface area contributed by atoms with Gasteiger partial charge in [0, 0.05) is 25.7 Å². The van der Waals surface area contributed by atoms with Crippen LogP contribution < -0.4 is 5.32 Å². The van der Waals surface area contributed by atoms with Gasteiger partial charge in [-0.15, -0.1) is 0 Å². The summed E-state index contributed by atoms with van der Waals surface area (Å²) >= 11 is 0. The number of aryl methyl sites for hydroxylation is 1. The standard InChI is InChI=1S/C15H26N4/c1-4-8-17-9-6-14-11-19(13-18-14)10-5-7-15(2,3)12-16/h11,13,17H,4-10H2,1-3H3. The molecule has 0 aliphatic carbocycles. The van der Waals surface area contributed by atoms with E-state index in [2.05, 4.69) is 34.1 Å². The van der Waals surface area contributed by atoms with E-state index < -0.39 is 0 Å². The van der Waals surface area contributed by atoms with Gasteiger partial charge >= 0.3 is 0 Å². The molecule has 0 radical (unpaired) electrons. The van der Waals surface area contributed by atoms with E-state index in [0.29, 0.717) is 0 Å². The molecule has 0 atom stereocenters. The first kappa shape index (κ1) is 15.7. The molecule has 1 heterocycles. The molecular formula is C15H26N4. The lowest BCUT2D eigenvalue weighted by Crippen LogP contribution is -2.17. The largest absolute Gasteiger partial charge is 0.337 e. The van der Waals surface area contributed by atoms with Crippen LogP contribution in [0.5, 0.6) is 0 Å². The smallest absolute Gasteiger partial charge is 0.0949 e. The molecule has 106 valence electrons. The molecule has 0 amide bonds. The second-order valence-corrected chi connectivity index (χ2v) is 5.70. The maximum Gasteiger partial charge on any atom is 0.0949 e. The molecule has 4 heteroatoms. The van der Waals surface area contributed by atoms with Crippen LogP contribution in [-0.4, -0.2) is 22.6 Å². The van der Waals surface area contributed by atoms with Crippen molar-refractivity contribution in [2.75, 3.05) is 13.1 Å². The van der Waals surface area contributed by atoms with Crippen molar-refractivity contribution in [2.45, 2.75) is 53.0 Å². The minimum atomic E-state index is -0.215. The molecule has 0 aliphatic rings. The first-order valence-corrected chi connectivity index (χ1v) is 7.20. The third kappa shape index (κ3) is 6.40. The number of imidazole rings is 1. The molecule has 0 saturated carbocycles. The van der Waals surface area contributed by atoms with E-state index >= 15 is 0 Å². The molecule has 1 rings (SSSR count). The van der Waals surface area contributed by atoms with Gasteiger partial charge in [0.15, 0.2) is 0 Å². The molecule has 1 aromatic rings. The number of hydrogen-bond donors (Lipinski definition) is 1. The number of nitrogens with zero attached hydrogens (tertiary/aromatic N) is 3. The summed E-state index contributed by atoms with van der Waals surface area (Å²) in [6.45, 7) is 9.17. The molecule has 0 spiro atoms. The van der Waals surface area contributed by atoms with Crippen LogP contribution >= 0.6 is 0 Å². The topological polar surface area (TPSA) is 53.6 Å². The van der Waals surface area contributed by atoms with Gasteiger partial charge in [-0.3, -0.25) is 0 Å². The fraction of sp³-hybridized carbons (Fsp3) is 0.733. The van der Waals surface area contributed by atoms with Crippen molar-refractivity contribution in [3.05, 3.63) is 18.2 Å². The highest BCUT2D eigenvalue weighted by Crippen LogP contribution is 2.20. The van der Waals surface area contributed by atoms with Crippen LogP contribution in [0, 0.1) is 16.7 Å². The van der Waals surface area contributed by atoms with Crippen LogP contribution in [0.3, 0.4) is 0 Å². The van der Waals surface area contributed by atoms with Crippen LogP contribution in [0.4, 0.5) is 0 Å². The fourth-order valence-electron chi connectivity index (χ4n) is 1.94. The fourth-order valence-corrected chi connectivity index (χ4v) is 1.94. The summed E-state index contributed by atoms with van der Waals surface area (Å²) in [5, 5.41) is 12.3. The predicted molar refractivity (Wildman–Crippen MR) is 77.7 cm³/mol. The van der Waals surface area contributed by atoms with Crippen LogP contribution in [0.1, 0.15) is 45.7 Å². The lowest BCUT2D eigenvalue weighted by atomic mass is 9.90. The van der Waals surface area contributed by atoms with Crippen LogP contribution in [0.25, 0.3) is 0 Å². The minimum Gasteiger partial charge on any atom is -0.337 e. The highest BCUT2D eigenvalue weighted by Gasteiger charge is 2.15. The third-order valence-corrected chi connectivity index (χ3v) is 3.19. The Kier molecular flexibility index (Phi) is 6.58. The number of aromatic nitrogens is 2. The Morgan fingerprint density at radius 3 is 2.89 bits per heavy atom. The number of hydrogen-bond acceptors (Lipinski definition) is 3. The average Bonchev–Trinajstić information content (AvgIpc) is 2.82. The molecule has 0 fully saturated rings. The van der Waals surface area contributed by atoms with Crippen molar-refractivity contribution in [1.82, 2.24) is 14.9 Å². The van der Waals surface area contributed by atoms with Gasteiger partial charge in [-0.25, -0.2) is 4.98 Å². The molecule has 0 aliphatic heterocycles. The highest BCUT2D eigenvalue weighted by molar-refractivity contribution is 4.97. The van der Waals surface area contributed by atoms with Crippen molar-refractivity contribution >= 4 is 0 Å². The van der Waals surface area contributed by atoms with Gasteiger partial charge in [-0.05, 0) is 39.7 Å². The summed E-state index contributed by atoms with van der Waals surface area (Å²) in [4.78, 5) is 4.41. The Morgan fingerprint density at radius 1 is 1.42 bits per heavy atom. The van der Waals surface area contributed by atoms with Gasteiger partial charge < -0.3 is 9.88 Å². The number of rotatable bonds is 9. The molecule has 1 N–H and O–H groups in total. The van der Waals surface area contributed by atoms with Crippen molar-refractivity contribution in [3.8, 4) is 6.07 Å². The van der Waals surface area contributed by atoms with E-state index in [9.17, 15) is 0 Å². The molecule has 0 bridgehead atoms.